The van der Waals surface area contributed by atoms with E-state index in [4.69, 9.17) is 32.5 Å². The van der Waals surface area contributed by atoms with Gasteiger partial charge in [-0.2, -0.15) is 0 Å². The molecule has 1 unspecified atom stereocenters. The van der Waals surface area contributed by atoms with E-state index in [9.17, 15) is 9.00 Å². The van der Waals surface area contributed by atoms with Gasteiger partial charge >= 0.3 is 0 Å². The minimum atomic E-state index is -2.64. The standard InChI is InChI=1S/C14H13Cl2N3O3S/c1-23(17,21)8-6-19(7-8)14(20)11-5-12(22-18-11)13-9(15)3-2-4-10(13)16/h2-5,8,17H,6-7H2,1H3. The first-order valence-corrected chi connectivity index (χ1v) is 9.49. The molecule has 0 bridgehead atoms. The third kappa shape index (κ3) is 3.08. The first kappa shape index (κ1) is 16.3. The topological polar surface area (TPSA) is 87.3 Å². The molecular weight excluding hydrogens is 361 g/mol. The van der Waals surface area contributed by atoms with Crippen molar-refractivity contribution < 1.29 is 13.5 Å². The lowest BCUT2D eigenvalue weighted by Gasteiger charge is -2.38. The molecule has 1 amide bonds. The van der Waals surface area contributed by atoms with E-state index in [-0.39, 0.29) is 29.9 Å². The Bertz CT molecular complexity index is 853. The summed E-state index contributed by atoms with van der Waals surface area (Å²) in [5, 5.41) is 4.27. The smallest absolute Gasteiger partial charge is 0.276 e. The van der Waals surface area contributed by atoms with Gasteiger partial charge in [0.2, 0.25) is 0 Å². The van der Waals surface area contributed by atoms with Gasteiger partial charge in [-0.25, -0.2) is 4.21 Å². The second kappa shape index (κ2) is 5.81. The molecule has 1 saturated heterocycles. The molecule has 122 valence electrons. The molecule has 1 aromatic heterocycles. The van der Waals surface area contributed by atoms with Crippen LogP contribution in [0.2, 0.25) is 10.0 Å². The highest BCUT2D eigenvalue weighted by molar-refractivity contribution is 7.92. The number of nitrogens with one attached hydrogen (secondary N) is 1. The Hall–Kier alpha value is -1.57. The van der Waals surface area contributed by atoms with E-state index in [1.807, 2.05) is 0 Å². The van der Waals surface area contributed by atoms with Gasteiger partial charge in [0.05, 0.1) is 20.9 Å². The number of rotatable bonds is 3. The summed E-state index contributed by atoms with van der Waals surface area (Å²) in [4.78, 5) is 13.8. The Kier molecular flexibility index (Phi) is 4.12. The third-order valence-corrected chi connectivity index (χ3v) is 5.91. The van der Waals surface area contributed by atoms with Crippen LogP contribution in [-0.2, 0) is 9.73 Å². The Morgan fingerprint density at radius 3 is 2.57 bits per heavy atom. The number of carbonyl (C=O) groups is 1. The van der Waals surface area contributed by atoms with Crippen LogP contribution in [0.3, 0.4) is 0 Å². The Morgan fingerprint density at radius 1 is 1.39 bits per heavy atom. The van der Waals surface area contributed by atoms with Crippen LogP contribution in [-0.4, -0.2) is 44.8 Å². The summed E-state index contributed by atoms with van der Waals surface area (Å²) >= 11 is 12.2. The van der Waals surface area contributed by atoms with Crippen molar-refractivity contribution in [2.24, 2.45) is 0 Å². The minimum Gasteiger partial charge on any atom is -0.355 e. The summed E-state index contributed by atoms with van der Waals surface area (Å²) in [6, 6.07) is 6.52. The molecule has 2 heterocycles. The van der Waals surface area contributed by atoms with E-state index in [2.05, 4.69) is 5.16 Å². The molecule has 23 heavy (non-hydrogen) atoms. The summed E-state index contributed by atoms with van der Waals surface area (Å²) < 4.78 is 24.3. The Labute approximate surface area is 143 Å². The second-order valence-corrected chi connectivity index (χ2v) is 8.70. The number of aromatic nitrogens is 1. The van der Waals surface area contributed by atoms with Gasteiger partial charge in [0.15, 0.2) is 11.5 Å². The van der Waals surface area contributed by atoms with E-state index in [0.29, 0.717) is 21.4 Å². The zero-order valence-corrected chi connectivity index (χ0v) is 14.4. The molecule has 0 spiro atoms. The first-order valence-electron chi connectivity index (χ1n) is 6.70. The van der Waals surface area contributed by atoms with Crippen LogP contribution < -0.4 is 0 Å². The van der Waals surface area contributed by atoms with Crippen molar-refractivity contribution in [3.63, 3.8) is 0 Å². The summed E-state index contributed by atoms with van der Waals surface area (Å²) in [5.41, 5.74) is 0.605. The van der Waals surface area contributed by atoms with Crippen LogP contribution in [0.5, 0.6) is 0 Å². The lowest BCUT2D eigenvalue weighted by atomic mass is 10.1. The van der Waals surface area contributed by atoms with Crippen LogP contribution in [0, 0.1) is 4.78 Å². The summed E-state index contributed by atoms with van der Waals surface area (Å²) in [7, 11) is -2.64. The quantitative estimate of drug-likeness (QED) is 0.894. The molecule has 1 aliphatic heterocycles. The molecule has 0 radical (unpaired) electrons. The molecule has 1 aliphatic rings. The number of carbonyl (C=O) groups excluding carboxylic acids is 1. The molecule has 2 aromatic rings. The first-order chi connectivity index (χ1) is 10.8. The van der Waals surface area contributed by atoms with Crippen LogP contribution in [0.1, 0.15) is 10.5 Å². The average Bonchev–Trinajstić information content (AvgIpc) is 2.84. The third-order valence-electron chi connectivity index (χ3n) is 3.71. The normalized spacial score (nSPS) is 17.6. The van der Waals surface area contributed by atoms with E-state index in [1.165, 1.54) is 17.2 Å². The fourth-order valence-corrected chi connectivity index (χ4v) is 3.79. The minimum absolute atomic E-state index is 0.127. The second-order valence-electron chi connectivity index (χ2n) is 5.41. The van der Waals surface area contributed by atoms with Crippen LogP contribution in [0.4, 0.5) is 0 Å². The monoisotopic (exact) mass is 373 g/mol. The average molecular weight is 374 g/mol. The molecule has 9 heteroatoms. The molecule has 6 nitrogen and oxygen atoms in total. The van der Waals surface area contributed by atoms with Gasteiger partial charge in [0.1, 0.15) is 0 Å². The lowest BCUT2D eigenvalue weighted by molar-refractivity contribution is 0.0650. The predicted octanol–water partition coefficient (Wildman–Crippen LogP) is 3.15. The fraction of sp³-hybridized carbons (Fsp3) is 0.286. The summed E-state index contributed by atoms with van der Waals surface area (Å²) in [5.74, 6) is -0.0242. The van der Waals surface area contributed by atoms with E-state index >= 15 is 0 Å². The largest absolute Gasteiger partial charge is 0.355 e. The number of hydrogen-bond acceptors (Lipinski definition) is 5. The number of hydrogen-bond donors (Lipinski definition) is 1. The van der Waals surface area contributed by atoms with Crippen molar-refractivity contribution >= 4 is 38.8 Å². The van der Waals surface area contributed by atoms with E-state index in [0.717, 1.165) is 0 Å². The zero-order chi connectivity index (χ0) is 16.8. The van der Waals surface area contributed by atoms with E-state index < -0.39 is 9.73 Å². The van der Waals surface area contributed by atoms with Crippen molar-refractivity contribution in [2.75, 3.05) is 19.3 Å². The number of halogens is 2. The van der Waals surface area contributed by atoms with Gasteiger partial charge in [-0.1, -0.05) is 34.4 Å². The summed E-state index contributed by atoms with van der Waals surface area (Å²) in [6.07, 6.45) is 1.38. The van der Waals surface area contributed by atoms with Gasteiger partial charge in [-0.05, 0) is 12.1 Å². The maximum Gasteiger partial charge on any atom is 0.276 e. The highest BCUT2D eigenvalue weighted by atomic mass is 35.5. The number of nitrogens with zero attached hydrogens (tertiary/aromatic N) is 2. The van der Waals surface area contributed by atoms with E-state index in [1.54, 1.807) is 18.2 Å². The maximum absolute atomic E-state index is 12.3. The molecule has 0 aliphatic carbocycles. The maximum atomic E-state index is 12.3. The predicted molar refractivity (Wildman–Crippen MR) is 88.4 cm³/mol. The SMILES string of the molecule is CS(=N)(=O)C1CN(C(=O)c2cc(-c3c(Cl)cccc3Cl)on2)C1. The molecule has 1 aromatic carbocycles. The molecule has 3 rings (SSSR count). The fourth-order valence-electron chi connectivity index (χ4n) is 2.28. The molecule has 1 N–H and O–H groups in total. The Morgan fingerprint density at radius 2 is 2.00 bits per heavy atom. The van der Waals surface area contributed by atoms with Gasteiger partial charge in [0, 0.05) is 35.1 Å². The van der Waals surface area contributed by atoms with Gasteiger partial charge < -0.3 is 9.42 Å². The zero-order valence-electron chi connectivity index (χ0n) is 12.1. The van der Waals surface area contributed by atoms with Crippen molar-refractivity contribution in [1.82, 2.24) is 10.1 Å². The number of benzene rings is 1. The number of amides is 1. The van der Waals surface area contributed by atoms with Crippen molar-refractivity contribution in [3.05, 3.63) is 40.0 Å². The van der Waals surface area contributed by atoms with Crippen LogP contribution >= 0.6 is 23.2 Å². The van der Waals surface area contributed by atoms with Gasteiger partial charge in [-0.15, -0.1) is 0 Å². The number of likely N-dealkylation sites (tertiary alicyclic amines) is 1. The van der Waals surface area contributed by atoms with Crippen molar-refractivity contribution in [3.8, 4) is 11.3 Å². The van der Waals surface area contributed by atoms with Gasteiger partial charge in [0.25, 0.3) is 5.91 Å². The molecule has 1 fully saturated rings. The Balaban J connectivity index is 1.79. The van der Waals surface area contributed by atoms with Crippen molar-refractivity contribution in [2.45, 2.75) is 5.25 Å². The van der Waals surface area contributed by atoms with Crippen molar-refractivity contribution in [1.29, 1.82) is 4.78 Å². The highest BCUT2D eigenvalue weighted by Gasteiger charge is 2.37. The van der Waals surface area contributed by atoms with Crippen LogP contribution in [0.15, 0.2) is 28.8 Å². The summed E-state index contributed by atoms with van der Waals surface area (Å²) in [6.45, 7) is 0.569. The van der Waals surface area contributed by atoms with Gasteiger partial charge in [-0.3, -0.25) is 9.57 Å². The molecule has 0 saturated carbocycles. The highest BCUT2D eigenvalue weighted by Crippen LogP contribution is 2.35. The lowest BCUT2D eigenvalue weighted by Crippen LogP contribution is -2.56. The molecule has 1 atom stereocenters. The van der Waals surface area contributed by atoms with Crippen LogP contribution in [0.25, 0.3) is 11.3 Å². The molecular formula is C14H13Cl2N3O3S.